The number of amides is 2. The van der Waals surface area contributed by atoms with Crippen LogP contribution < -0.4 is 9.80 Å². The van der Waals surface area contributed by atoms with Gasteiger partial charge < -0.3 is 4.90 Å². The molecule has 23 heavy (non-hydrogen) atoms. The smallest absolute Gasteiger partial charge is 0.251 e. The molecule has 0 saturated carbocycles. The van der Waals surface area contributed by atoms with Gasteiger partial charge in [0.1, 0.15) is 11.9 Å². The topological polar surface area (TPSA) is 40.6 Å². The third-order valence-corrected chi connectivity index (χ3v) is 4.06. The fourth-order valence-electron chi connectivity index (χ4n) is 3.13. The van der Waals surface area contributed by atoms with E-state index >= 15 is 0 Å². The highest BCUT2D eigenvalue weighted by molar-refractivity contribution is 6.13. The average molecular weight is 320 g/mol. The molecule has 0 saturated heterocycles. The zero-order valence-electron chi connectivity index (χ0n) is 14.7. The highest BCUT2D eigenvalue weighted by Crippen LogP contribution is 2.42. The van der Waals surface area contributed by atoms with Crippen LogP contribution >= 0.6 is 0 Å². The van der Waals surface area contributed by atoms with E-state index in [2.05, 4.69) is 0 Å². The minimum atomic E-state index is -0.570. The zero-order valence-corrected chi connectivity index (χ0v) is 14.7. The van der Waals surface area contributed by atoms with Gasteiger partial charge >= 0.3 is 0 Å². The maximum Gasteiger partial charge on any atom is 0.251 e. The summed E-state index contributed by atoms with van der Waals surface area (Å²) < 4.78 is 13.8. The third kappa shape index (κ3) is 2.96. The Hall–Kier alpha value is -1.91. The molecule has 0 aromatic heterocycles. The SMILES string of the molecule is CCC(=O)N1c2ccc(F)cc2N(C(C)(C)C)C(=O)C1C(C)C. The fraction of sp³-hybridized carbons (Fsp3) is 0.556. The number of halogens is 1. The van der Waals surface area contributed by atoms with Gasteiger partial charge in [-0.25, -0.2) is 4.39 Å². The zero-order chi connectivity index (χ0) is 17.5. The van der Waals surface area contributed by atoms with Gasteiger partial charge in [-0.3, -0.25) is 14.5 Å². The van der Waals surface area contributed by atoms with Crippen LogP contribution in [0.5, 0.6) is 0 Å². The van der Waals surface area contributed by atoms with Crippen LogP contribution in [0.25, 0.3) is 0 Å². The lowest BCUT2D eigenvalue weighted by molar-refractivity contribution is -0.126. The molecule has 0 spiro atoms. The van der Waals surface area contributed by atoms with Crippen molar-refractivity contribution in [3.8, 4) is 0 Å². The first-order chi connectivity index (χ1) is 10.6. The Morgan fingerprint density at radius 2 is 1.87 bits per heavy atom. The number of carbonyl (C=O) groups is 2. The van der Waals surface area contributed by atoms with E-state index in [0.29, 0.717) is 17.8 Å². The van der Waals surface area contributed by atoms with Gasteiger partial charge in [-0.1, -0.05) is 20.8 Å². The van der Waals surface area contributed by atoms with Gasteiger partial charge in [0, 0.05) is 12.0 Å². The van der Waals surface area contributed by atoms with Crippen molar-refractivity contribution in [2.75, 3.05) is 9.80 Å². The third-order valence-electron chi connectivity index (χ3n) is 4.06. The molecule has 1 aromatic carbocycles. The lowest BCUT2D eigenvalue weighted by Crippen LogP contribution is -2.62. The van der Waals surface area contributed by atoms with Crippen LogP contribution in [0.4, 0.5) is 15.8 Å². The summed E-state index contributed by atoms with van der Waals surface area (Å²) in [5.41, 5.74) is 0.557. The molecule has 2 rings (SSSR count). The summed E-state index contributed by atoms with van der Waals surface area (Å²) in [5.74, 6) is -0.746. The maximum atomic E-state index is 13.8. The van der Waals surface area contributed by atoms with Gasteiger partial charge in [-0.15, -0.1) is 0 Å². The van der Waals surface area contributed by atoms with E-state index < -0.39 is 17.4 Å². The van der Waals surface area contributed by atoms with Gasteiger partial charge in [0.15, 0.2) is 0 Å². The number of hydrogen-bond acceptors (Lipinski definition) is 2. The van der Waals surface area contributed by atoms with Crippen LogP contribution in [0.2, 0.25) is 0 Å². The van der Waals surface area contributed by atoms with Crippen molar-refractivity contribution in [1.82, 2.24) is 0 Å². The molecule has 0 aliphatic carbocycles. The van der Waals surface area contributed by atoms with Crippen molar-refractivity contribution in [2.24, 2.45) is 5.92 Å². The van der Waals surface area contributed by atoms with Crippen LogP contribution in [0.15, 0.2) is 18.2 Å². The Labute approximate surface area is 137 Å². The van der Waals surface area contributed by atoms with E-state index in [0.717, 1.165) is 0 Å². The molecule has 1 aliphatic rings. The van der Waals surface area contributed by atoms with E-state index in [1.807, 2.05) is 34.6 Å². The van der Waals surface area contributed by atoms with Crippen LogP contribution in [0, 0.1) is 11.7 Å². The monoisotopic (exact) mass is 320 g/mol. The molecule has 1 aliphatic heterocycles. The molecule has 4 nitrogen and oxygen atoms in total. The molecular weight excluding hydrogens is 295 g/mol. The molecule has 2 amide bonds. The molecule has 5 heteroatoms. The van der Waals surface area contributed by atoms with Crippen LogP contribution in [-0.2, 0) is 9.59 Å². The Morgan fingerprint density at radius 3 is 2.35 bits per heavy atom. The van der Waals surface area contributed by atoms with Gasteiger partial charge in [0.2, 0.25) is 5.91 Å². The molecule has 1 heterocycles. The Balaban J connectivity index is 2.75. The normalized spacial score (nSPS) is 18.4. The summed E-state index contributed by atoms with van der Waals surface area (Å²) in [6.45, 7) is 11.3. The standard InChI is InChI=1S/C18H25FN2O2/c1-7-15(22)20-13-9-8-12(19)10-14(13)21(18(4,5)6)17(23)16(20)11(2)3/h8-11,16H,7H2,1-6H3. The summed E-state index contributed by atoms with van der Waals surface area (Å²) in [6, 6.07) is 3.70. The first kappa shape index (κ1) is 17.4. The predicted octanol–water partition coefficient (Wildman–Crippen LogP) is 3.74. The minimum absolute atomic E-state index is 0.0407. The molecular formula is C18H25FN2O2. The minimum Gasteiger partial charge on any atom is -0.303 e. The van der Waals surface area contributed by atoms with Gasteiger partial charge in [-0.2, -0.15) is 0 Å². The summed E-state index contributed by atoms with van der Waals surface area (Å²) in [6.07, 6.45) is 0.294. The van der Waals surface area contributed by atoms with Crippen molar-refractivity contribution in [1.29, 1.82) is 0 Å². The van der Waals surface area contributed by atoms with Gasteiger partial charge in [0.25, 0.3) is 5.91 Å². The van der Waals surface area contributed by atoms with Crippen LogP contribution in [0.3, 0.4) is 0 Å². The molecule has 0 fully saturated rings. The number of anilines is 2. The summed E-state index contributed by atoms with van der Waals surface area (Å²) in [4.78, 5) is 28.8. The first-order valence-electron chi connectivity index (χ1n) is 8.05. The van der Waals surface area contributed by atoms with E-state index in [4.69, 9.17) is 0 Å². The number of hydrogen-bond donors (Lipinski definition) is 0. The Kier molecular flexibility index (Phi) is 4.51. The second kappa shape index (κ2) is 5.95. The van der Waals surface area contributed by atoms with E-state index in [1.165, 1.54) is 12.1 Å². The van der Waals surface area contributed by atoms with E-state index in [1.54, 1.807) is 22.8 Å². The molecule has 0 N–H and O–H groups in total. The van der Waals surface area contributed by atoms with Gasteiger partial charge in [0.05, 0.1) is 11.4 Å². The lowest BCUT2D eigenvalue weighted by Gasteiger charge is -2.48. The summed E-state index contributed by atoms with van der Waals surface area (Å²) >= 11 is 0. The molecule has 0 bridgehead atoms. The van der Waals surface area contributed by atoms with E-state index in [-0.39, 0.29) is 17.7 Å². The maximum absolute atomic E-state index is 13.8. The van der Waals surface area contributed by atoms with Crippen molar-refractivity contribution >= 4 is 23.2 Å². The van der Waals surface area contributed by atoms with E-state index in [9.17, 15) is 14.0 Å². The number of rotatable bonds is 2. The molecule has 126 valence electrons. The lowest BCUT2D eigenvalue weighted by atomic mass is 9.92. The Bertz CT molecular complexity index is 634. The summed E-state index contributed by atoms with van der Waals surface area (Å²) in [5, 5.41) is 0. The number of benzene rings is 1. The quantitative estimate of drug-likeness (QED) is 0.833. The van der Waals surface area contributed by atoms with Crippen molar-refractivity contribution in [2.45, 2.75) is 59.5 Å². The second-order valence-corrected chi connectivity index (χ2v) is 7.28. The number of nitrogens with zero attached hydrogens (tertiary/aromatic N) is 2. The highest BCUT2D eigenvalue weighted by atomic mass is 19.1. The number of fused-ring (bicyclic) bond motifs is 1. The Morgan fingerprint density at radius 1 is 1.26 bits per heavy atom. The fourth-order valence-corrected chi connectivity index (χ4v) is 3.13. The number of carbonyl (C=O) groups excluding carboxylic acids is 2. The molecule has 1 atom stereocenters. The highest BCUT2D eigenvalue weighted by Gasteiger charge is 2.45. The van der Waals surface area contributed by atoms with Crippen molar-refractivity contribution < 1.29 is 14.0 Å². The predicted molar refractivity (Wildman–Crippen MR) is 90.0 cm³/mol. The largest absolute Gasteiger partial charge is 0.303 e. The van der Waals surface area contributed by atoms with Crippen molar-refractivity contribution in [3.05, 3.63) is 24.0 Å². The van der Waals surface area contributed by atoms with Crippen LogP contribution in [-0.4, -0.2) is 23.4 Å². The summed E-state index contributed by atoms with van der Waals surface area (Å²) in [7, 11) is 0. The second-order valence-electron chi connectivity index (χ2n) is 7.28. The van der Waals surface area contributed by atoms with Crippen LogP contribution in [0.1, 0.15) is 48.0 Å². The first-order valence-corrected chi connectivity index (χ1v) is 8.05. The molecule has 0 radical (unpaired) electrons. The van der Waals surface area contributed by atoms with Gasteiger partial charge in [-0.05, 0) is 44.9 Å². The average Bonchev–Trinajstić information content (AvgIpc) is 2.42. The van der Waals surface area contributed by atoms with Crippen molar-refractivity contribution in [3.63, 3.8) is 0 Å². The molecule has 1 aromatic rings. The molecule has 1 unspecified atom stereocenters.